The highest BCUT2D eigenvalue weighted by Gasteiger charge is 2.56. The van der Waals surface area contributed by atoms with Crippen LogP contribution in [0.15, 0.2) is 6.07 Å². The average molecular weight is 359 g/mol. The van der Waals surface area contributed by atoms with Gasteiger partial charge in [0.15, 0.2) is 0 Å². The fraction of sp³-hybridized carbons (Fsp3) is 0.818. The van der Waals surface area contributed by atoms with Gasteiger partial charge in [-0.3, -0.25) is 0 Å². The molecule has 5 fully saturated rings. The molecule has 0 amide bonds. The summed E-state index contributed by atoms with van der Waals surface area (Å²) in [6.45, 7) is 11.2. The van der Waals surface area contributed by atoms with Gasteiger partial charge in [0.05, 0.1) is 5.00 Å². The molecule has 1 aliphatic heterocycles. The van der Waals surface area contributed by atoms with Crippen LogP contribution in [-0.4, -0.2) is 19.1 Å². The van der Waals surface area contributed by atoms with Crippen LogP contribution in [0, 0.1) is 23.2 Å². The lowest BCUT2D eigenvalue weighted by Gasteiger charge is -2.62. The van der Waals surface area contributed by atoms with E-state index >= 15 is 0 Å². The van der Waals surface area contributed by atoms with Crippen LogP contribution >= 0.6 is 11.3 Å². The van der Waals surface area contributed by atoms with Crippen molar-refractivity contribution in [2.24, 2.45) is 23.2 Å². The van der Waals surface area contributed by atoms with E-state index in [0.717, 1.165) is 36.3 Å². The van der Waals surface area contributed by atoms with Crippen molar-refractivity contribution in [1.29, 1.82) is 0 Å². The van der Waals surface area contributed by atoms with Crippen LogP contribution in [0.1, 0.15) is 75.7 Å². The Morgan fingerprint density at radius 1 is 1.20 bits per heavy atom. The molecule has 25 heavy (non-hydrogen) atoms. The number of nitrogens with zero attached hydrogens (tertiary/aromatic N) is 1. The summed E-state index contributed by atoms with van der Waals surface area (Å²) in [7, 11) is 0. The van der Waals surface area contributed by atoms with E-state index in [0.29, 0.717) is 5.41 Å². The summed E-state index contributed by atoms with van der Waals surface area (Å²) in [5.41, 5.74) is 2.29. The van der Waals surface area contributed by atoms with Gasteiger partial charge >= 0.3 is 0 Å². The van der Waals surface area contributed by atoms with Crippen LogP contribution in [0.3, 0.4) is 0 Å². The molecule has 0 unspecified atom stereocenters. The third-order valence-electron chi connectivity index (χ3n) is 8.14. The smallest absolute Gasteiger partial charge is 0.0914 e. The second-order valence-electron chi connectivity index (χ2n) is 9.87. The highest BCUT2D eigenvalue weighted by atomic mass is 32.1. The number of nitrogens with one attached hydrogen (secondary N) is 1. The molecule has 2 heterocycles. The molecule has 138 valence electrons. The Labute approximate surface area is 157 Å². The van der Waals surface area contributed by atoms with Crippen molar-refractivity contribution in [3.05, 3.63) is 16.5 Å². The van der Waals surface area contributed by atoms with E-state index in [-0.39, 0.29) is 0 Å². The van der Waals surface area contributed by atoms with E-state index in [1.54, 1.807) is 15.4 Å². The van der Waals surface area contributed by atoms with Crippen molar-refractivity contribution in [2.75, 3.05) is 18.0 Å². The zero-order valence-corrected chi connectivity index (χ0v) is 17.0. The first-order valence-electron chi connectivity index (χ1n) is 10.6. The van der Waals surface area contributed by atoms with Crippen molar-refractivity contribution < 1.29 is 0 Å². The predicted molar refractivity (Wildman–Crippen MR) is 108 cm³/mol. The normalized spacial score (nSPS) is 36.5. The summed E-state index contributed by atoms with van der Waals surface area (Å²) >= 11 is 2.09. The van der Waals surface area contributed by atoms with Crippen molar-refractivity contribution in [3.63, 3.8) is 0 Å². The minimum Gasteiger partial charge on any atom is -0.363 e. The molecule has 1 saturated heterocycles. The van der Waals surface area contributed by atoms with Gasteiger partial charge < -0.3 is 10.2 Å². The van der Waals surface area contributed by atoms with Crippen LogP contribution in [0.5, 0.6) is 0 Å². The third kappa shape index (κ3) is 2.77. The lowest BCUT2D eigenvalue weighted by molar-refractivity contribution is -0.115. The Kier molecular flexibility index (Phi) is 3.98. The summed E-state index contributed by atoms with van der Waals surface area (Å²) in [5, 5.41) is 5.56. The van der Waals surface area contributed by atoms with E-state index < -0.39 is 0 Å². The summed E-state index contributed by atoms with van der Waals surface area (Å²) < 4.78 is 0. The maximum Gasteiger partial charge on any atom is 0.0914 e. The Bertz CT molecular complexity index is 638. The molecule has 2 nitrogen and oxygen atoms in total. The van der Waals surface area contributed by atoms with Gasteiger partial charge in [0, 0.05) is 30.6 Å². The van der Waals surface area contributed by atoms with Gasteiger partial charge in [0.25, 0.3) is 0 Å². The van der Waals surface area contributed by atoms with Crippen LogP contribution < -0.4 is 10.2 Å². The maximum absolute atomic E-state index is 4.01. The van der Waals surface area contributed by atoms with Crippen LogP contribution in [0.2, 0.25) is 0 Å². The number of hydrogen-bond donors (Lipinski definition) is 1. The molecule has 0 spiro atoms. The monoisotopic (exact) mass is 358 g/mol. The number of hydrogen-bond acceptors (Lipinski definition) is 3. The van der Waals surface area contributed by atoms with Gasteiger partial charge in [0.2, 0.25) is 0 Å². The summed E-state index contributed by atoms with van der Waals surface area (Å²) in [5.74, 6) is 3.61. The Balaban J connectivity index is 1.28. The first kappa shape index (κ1) is 16.6. The molecule has 4 saturated carbocycles. The summed E-state index contributed by atoms with van der Waals surface area (Å²) in [6, 6.07) is 3.29. The molecule has 6 rings (SSSR count). The maximum atomic E-state index is 4.01. The quantitative estimate of drug-likeness (QED) is 0.759. The van der Waals surface area contributed by atoms with Crippen LogP contribution in [0.4, 0.5) is 5.00 Å². The van der Waals surface area contributed by atoms with E-state index in [1.807, 2.05) is 0 Å². The molecule has 0 aromatic carbocycles. The molecular weight excluding hydrogens is 324 g/mol. The van der Waals surface area contributed by atoms with Crippen molar-refractivity contribution >= 4 is 16.3 Å². The molecule has 1 aromatic heterocycles. The standard InChI is InChI=1S/C22H34N2S/c1-14-18-10-16(22(18,2)3)11-19(14)23-13-20-17(15-6-7-15)12-21(25-20)24-8-4-5-9-24/h12,14-16,18-19,23H,4-11,13H2,1-3H3/t14-,16+,18-,19-/m1/s1. The van der Waals surface area contributed by atoms with Gasteiger partial charge in [-0.25, -0.2) is 0 Å². The summed E-state index contributed by atoms with van der Waals surface area (Å²) in [4.78, 5) is 4.27. The molecule has 4 aliphatic carbocycles. The predicted octanol–water partition coefficient (Wildman–Crippen LogP) is 5.39. The van der Waals surface area contributed by atoms with E-state index in [4.69, 9.17) is 0 Å². The molecule has 1 N–H and O–H groups in total. The molecule has 3 heteroatoms. The molecular formula is C22H34N2S. The first-order valence-corrected chi connectivity index (χ1v) is 11.5. The molecule has 5 aliphatic rings. The van der Waals surface area contributed by atoms with Crippen LogP contribution in [-0.2, 0) is 6.54 Å². The number of thiophene rings is 1. The minimum absolute atomic E-state index is 0.600. The fourth-order valence-electron chi connectivity index (χ4n) is 6.04. The highest BCUT2D eigenvalue weighted by Crippen LogP contribution is 2.61. The van der Waals surface area contributed by atoms with Gasteiger partial charge in [-0.1, -0.05) is 20.8 Å². The average Bonchev–Trinajstić information content (AvgIpc) is 3.11. The fourth-order valence-corrected chi connectivity index (χ4v) is 7.29. The van der Waals surface area contributed by atoms with Crippen molar-refractivity contribution in [3.8, 4) is 0 Å². The lowest BCUT2D eigenvalue weighted by atomic mass is 9.45. The SMILES string of the molecule is C[C@@H]1[C@H]2C[C@@H](C[C@H]1NCc1sc(N3CCCC3)cc1C1CC1)C2(C)C. The number of anilines is 1. The second kappa shape index (κ2) is 5.99. The third-order valence-corrected chi connectivity index (χ3v) is 9.35. The Hall–Kier alpha value is -0.540. The van der Waals surface area contributed by atoms with Gasteiger partial charge in [-0.15, -0.1) is 11.3 Å². The molecule has 1 aromatic rings. The van der Waals surface area contributed by atoms with E-state index in [1.165, 1.54) is 51.6 Å². The zero-order valence-electron chi connectivity index (χ0n) is 16.2. The number of rotatable bonds is 5. The van der Waals surface area contributed by atoms with Gasteiger partial charge in [-0.2, -0.15) is 0 Å². The van der Waals surface area contributed by atoms with Crippen molar-refractivity contribution in [2.45, 2.75) is 77.8 Å². The van der Waals surface area contributed by atoms with Gasteiger partial charge in [-0.05, 0) is 79.2 Å². The Morgan fingerprint density at radius 3 is 2.60 bits per heavy atom. The van der Waals surface area contributed by atoms with E-state index in [9.17, 15) is 0 Å². The molecule has 4 atom stereocenters. The molecule has 2 bridgehead atoms. The van der Waals surface area contributed by atoms with Crippen molar-refractivity contribution in [1.82, 2.24) is 5.32 Å². The second-order valence-corrected chi connectivity index (χ2v) is 11.0. The topological polar surface area (TPSA) is 15.3 Å². The summed E-state index contributed by atoms with van der Waals surface area (Å²) in [6.07, 6.45) is 8.47. The lowest BCUT2D eigenvalue weighted by Crippen LogP contribution is -2.59. The van der Waals surface area contributed by atoms with Crippen LogP contribution in [0.25, 0.3) is 0 Å². The highest BCUT2D eigenvalue weighted by molar-refractivity contribution is 7.16. The largest absolute Gasteiger partial charge is 0.363 e. The van der Waals surface area contributed by atoms with Gasteiger partial charge in [0.1, 0.15) is 0 Å². The zero-order chi connectivity index (χ0) is 17.2. The first-order chi connectivity index (χ1) is 12.0. The van der Waals surface area contributed by atoms with E-state index in [2.05, 4.69) is 48.4 Å². The number of fused-ring (bicyclic) bond motifs is 2. The Morgan fingerprint density at radius 2 is 1.96 bits per heavy atom. The molecule has 0 radical (unpaired) electrons. The minimum atomic E-state index is 0.600.